The second-order valence-corrected chi connectivity index (χ2v) is 8.10. The number of fused-ring (bicyclic) bond motifs is 1. The SMILES string of the molecule is CN(C)CCCN1C(=O)C(=O)C(=C(O)c2ccc3c(c2)OCCO3)[C@@H]1c1cccc(O)c1. The molecule has 0 bridgehead atoms. The van der Waals surface area contributed by atoms with Crippen molar-refractivity contribution in [2.45, 2.75) is 12.5 Å². The van der Waals surface area contributed by atoms with Crippen LogP contribution in [0.5, 0.6) is 17.2 Å². The standard InChI is InChI=1S/C24H26N2O6/c1-25(2)9-4-10-26-21(15-5-3-6-17(27)13-15)20(23(29)24(26)30)22(28)16-7-8-18-19(14-16)32-12-11-31-18/h3,5-8,13-14,21,27-28H,4,9-12H2,1-2H3/t21-/m0/s1. The summed E-state index contributed by atoms with van der Waals surface area (Å²) in [5.74, 6) is -0.674. The fraction of sp³-hybridized carbons (Fsp3) is 0.333. The van der Waals surface area contributed by atoms with E-state index in [-0.39, 0.29) is 17.1 Å². The number of amides is 1. The molecular formula is C24H26N2O6. The number of hydrogen-bond acceptors (Lipinski definition) is 7. The van der Waals surface area contributed by atoms with Crippen LogP contribution in [0.3, 0.4) is 0 Å². The summed E-state index contributed by atoms with van der Waals surface area (Å²) in [6.45, 7) is 1.89. The molecule has 0 spiro atoms. The Morgan fingerprint density at radius 3 is 2.56 bits per heavy atom. The maximum atomic E-state index is 13.0. The number of Topliss-reactive ketones (excluding diaryl/α,β-unsaturated/α-hetero) is 1. The second-order valence-electron chi connectivity index (χ2n) is 8.10. The molecule has 2 aromatic rings. The third-order valence-electron chi connectivity index (χ3n) is 5.55. The van der Waals surface area contributed by atoms with Crippen molar-refractivity contribution in [2.24, 2.45) is 0 Å². The van der Waals surface area contributed by atoms with Gasteiger partial charge in [0.05, 0.1) is 11.6 Å². The maximum Gasteiger partial charge on any atom is 0.295 e. The van der Waals surface area contributed by atoms with Crippen LogP contribution in [0.4, 0.5) is 0 Å². The Labute approximate surface area is 186 Å². The molecule has 8 heteroatoms. The molecule has 8 nitrogen and oxygen atoms in total. The van der Waals surface area contributed by atoms with Crippen LogP contribution in [0, 0.1) is 0 Å². The van der Waals surface area contributed by atoms with Crippen molar-refractivity contribution in [3.63, 3.8) is 0 Å². The Kier molecular flexibility index (Phi) is 6.05. The molecule has 1 amide bonds. The highest BCUT2D eigenvalue weighted by Gasteiger charge is 2.46. The monoisotopic (exact) mass is 438 g/mol. The van der Waals surface area contributed by atoms with Gasteiger partial charge in [0.25, 0.3) is 11.7 Å². The van der Waals surface area contributed by atoms with Gasteiger partial charge in [0.15, 0.2) is 11.5 Å². The molecule has 0 aliphatic carbocycles. The smallest absolute Gasteiger partial charge is 0.295 e. The van der Waals surface area contributed by atoms with Crippen LogP contribution < -0.4 is 9.47 Å². The van der Waals surface area contributed by atoms with Crippen LogP contribution in [0.2, 0.25) is 0 Å². The van der Waals surface area contributed by atoms with Gasteiger partial charge in [-0.1, -0.05) is 12.1 Å². The van der Waals surface area contributed by atoms with E-state index in [0.29, 0.717) is 48.8 Å². The van der Waals surface area contributed by atoms with E-state index in [1.807, 2.05) is 19.0 Å². The summed E-state index contributed by atoms with van der Waals surface area (Å²) in [4.78, 5) is 29.4. The Bertz CT molecular complexity index is 1080. The summed E-state index contributed by atoms with van der Waals surface area (Å²) in [6, 6.07) is 10.5. The van der Waals surface area contributed by atoms with E-state index in [0.717, 1.165) is 6.54 Å². The number of rotatable bonds is 6. The first-order valence-electron chi connectivity index (χ1n) is 10.5. The summed E-state index contributed by atoms with van der Waals surface area (Å²) in [7, 11) is 3.87. The minimum atomic E-state index is -0.808. The van der Waals surface area contributed by atoms with Gasteiger partial charge in [-0.25, -0.2) is 0 Å². The van der Waals surface area contributed by atoms with Crippen molar-refractivity contribution in [3.8, 4) is 17.2 Å². The Hall–Kier alpha value is -3.52. The van der Waals surface area contributed by atoms with Gasteiger partial charge in [-0.15, -0.1) is 0 Å². The lowest BCUT2D eigenvalue weighted by molar-refractivity contribution is -0.139. The number of carbonyl (C=O) groups is 2. The highest BCUT2D eigenvalue weighted by atomic mass is 16.6. The molecule has 32 heavy (non-hydrogen) atoms. The average Bonchev–Trinajstić information content (AvgIpc) is 3.03. The van der Waals surface area contributed by atoms with E-state index in [9.17, 15) is 19.8 Å². The Morgan fingerprint density at radius 2 is 1.84 bits per heavy atom. The molecule has 2 aliphatic rings. The number of phenols is 1. The van der Waals surface area contributed by atoms with Crippen molar-refractivity contribution in [1.29, 1.82) is 0 Å². The van der Waals surface area contributed by atoms with Gasteiger partial charge < -0.3 is 29.5 Å². The lowest BCUT2D eigenvalue weighted by Gasteiger charge is -2.26. The van der Waals surface area contributed by atoms with Crippen LogP contribution in [0.15, 0.2) is 48.0 Å². The molecule has 0 saturated carbocycles. The molecule has 168 valence electrons. The van der Waals surface area contributed by atoms with E-state index < -0.39 is 17.7 Å². The van der Waals surface area contributed by atoms with Gasteiger partial charge in [-0.2, -0.15) is 0 Å². The van der Waals surface area contributed by atoms with Crippen molar-refractivity contribution >= 4 is 17.4 Å². The predicted molar refractivity (Wildman–Crippen MR) is 118 cm³/mol. The summed E-state index contributed by atoms with van der Waals surface area (Å²) in [5, 5.41) is 21.2. The van der Waals surface area contributed by atoms with Crippen molar-refractivity contribution < 1.29 is 29.3 Å². The minimum Gasteiger partial charge on any atom is -0.508 e. The first-order valence-corrected chi connectivity index (χ1v) is 10.5. The third-order valence-corrected chi connectivity index (χ3v) is 5.55. The lowest BCUT2D eigenvalue weighted by atomic mass is 9.95. The molecule has 1 atom stereocenters. The number of aromatic hydroxyl groups is 1. The molecule has 2 heterocycles. The summed E-state index contributed by atoms with van der Waals surface area (Å²) >= 11 is 0. The topological polar surface area (TPSA) is 99.5 Å². The fourth-order valence-electron chi connectivity index (χ4n) is 4.06. The number of nitrogens with zero attached hydrogens (tertiary/aromatic N) is 2. The zero-order valence-corrected chi connectivity index (χ0v) is 18.1. The van der Waals surface area contributed by atoms with Crippen molar-refractivity contribution in [3.05, 3.63) is 59.2 Å². The lowest BCUT2D eigenvalue weighted by Crippen LogP contribution is -2.32. The number of phenolic OH excluding ortho intramolecular Hbond substituents is 1. The zero-order chi connectivity index (χ0) is 22.8. The van der Waals surface area contributed by atoms with Crippen LogP contribution >= 0.6 is 0 Å². The molecule has 2 aliphatic heterocycles. The fourth-order valence-corrected chi connectivity index (χ4v) is 4.06. The molecule has 2 N–H and O–H groups in total. The molecule has 0 radical (unpaired) electrons. The highest BCUT2D eigenvalue weighted by molar-refractivity contribution is 6.46. The molecular weight excluding hydrogens is 412 g/mol. The van der Waals surface area contributed by atoms with Crippen LogP contribution in [-0.2, 0) is 9.59 Å². The van der Waals surface area contributed by atoms with E-state index in [1.165, 1.54) is 17.0 Å². The van der Waals surface area contributed by atoms with Crippen molar-refractivity contribution in [2.75, 3.05) is 40.4 Å². The largest absolute Gasteiger partial charge is 0.508 e. The maximum absolute atomic E-state index is 13.0. The second kappa shape index (κ2) is 8.92. The molecule has 2 aromatic carbocycles. The average molecular weight is 438 g/mol. The first-order chi connectivity index (χ1) is 15.4. The summed E-state index contributed by atoms with van der Waals surface area (Å²) < 4.78 is 11.1. The molecule has 1 fully saturated rings. The van der Waals surface area contributed by atoms with E-state index in [2.05, 4.69) is 0 Å². The molecule has 0 aromatic heterocycles. The molecule has 4 rings (SSSR count). The van der Waals surface area contributed by atoms with Gasteiger partial charge in [0.1, 0.15) is 24.7 Å². The molecule has 1 saturated heterocycles. The van der Waals surface area contributed by atoms with E-state index >= 15 is 0 Å². The normalized spacial score (nSPS) is 19.6. The van der Waals surface area contributed by atoms with Gasteiger partial charge in [0, 0.05) is 12.1 Å². The van der Waals surface area contributed by atoms with Crippen LogP contribution in [0.25, 0.3) is 5.76 Å². The van der Waals surface area contributed by atoms with E-state index in [1.54, 1.807) is 30.3 Å². The number of benzene rings is 2. The highest BCUT2D eigenvalue weighted by Crippen LogP contribution is 2.41. The number of carbonyl (C=O) groups excluding carboxylic acids is 2. The number of aliphatic hydroxyl groups is 1. The zero-order valence-electron chi connectivity index (χ0n) is 18.1. The molecule has 0 unspecified atom stereocenters. The number of ketones is 1. The number of aliphatic hydroxyl groups excluding tert-OH is 1. The Morgan fingerprint density at radius 1 is 1.09 bits per heavy atom. The number of hydrogen-bond donors (Lipinski definition) is 2. The van der Waals surface area contributed by atoms with Gasteiger partial charge in [0.2, 0.25) is 0 Å². The quantitative estimate of drug-likeness (QED) is 0.406. The third kappa shape index (κ3) is 4.13. The minimum absolute atomic E-state index is 0.0119. The van der Waals surface area contributed by atoms with Gasteiger partial charge >= 0.3 is 0 Å². The Balaban J connectivity index is 1.79. The predicted octanol–water partition coefficient (Wildman–Crippen LogP) is 2.54. The summed E-state index contributed by atoms with van der Waals surface area (Å²) in [5.41, 5.74) is 0.890. The number of likely N-dealkylation sites (tertiary alicyclic amines) is 1. The van der Waals surface area contributed by atoms with Crippen LogP contribution in [-0.4, -0.2) is 72.1 Å². The van der Waals surface area contributed by atoms with E-state index in [4.69, 9.17) is 9.47 Å². The summed E-state index contributed by atoms with van der Waals surface area (Å²) in [6.07, 6.45) is 0.652. The number of ether oxygens (including phenoxy) is 2. The van der Waals surface area contributed by atoms with Gasteiger partial charge in [-0.3, -0.25) is 9.59 Å². The van der Waals surface area contributed by atoms with Gasteiger partial charge in [-0.05, 0) is 63.0 Å². The van der Waals surface area contributed by atoms with Crippen LogP contribution in [0.1, 0.15) is 23.6 Å². The van der Waals surface area contributed by atoms with Crippen molar-refractivity contribution in [1.82, 2.24) is 9.80 Å². The first kappa shape index (κ1) is 21.7.